The summed E-state index contributed by atoms with van der Waals surface area (Å²) < 4.78 is 1.22. The van der Waals surface area contributed by atoms with Gasteiger partial charge in [-0.1, -0.05) is 11.6 Å². The highest BCUT2D eigenvalue weighted by Gasteiger charge is 2.16. The highest BCUT2D eigenvalue weighted by atomic mass is 35.5. The molecule has 0 bridgehead atoms. The number of nitro benzene ring substituents is 1. The Morgan fingerprint density at radius 3 is 2.81 bits per heavy atom. The second kappa shape index (κ2) is 3.74. The van der Waals surface area contributed by atoms with E-state index in [9.17, 15) is 10.1 Å². The van der Waals surface area contributed by atoms with Crippen LogP contribution in [0.4, 0.5) is 11.4 Å². The van der Waals surface area contributed by atoms with E-state index in [4.69, 9.17) is 17.3 Å². The van der Waals surface area contributed by atoms with Crippen LogP contribution in [-0.4, -0.2) is 25.1 Å². The molecule has 2 N–H and O–H groups in total. The fraction of sp³-hybridized carbons (Fsp3) is 0. The van der Waals surface area contributed by atoms with E-state index in [0.29, 0.717) is 5.69 Å². The fourth-order valence-corrected chi connectivity index (χ4v) is 1.43. The number of nitrogen functional groups attached to an aromatic ring is 1. The molecule has 1 heterocycles. The molecule has 0 spiro atoms. The van der Waals surface area contributed by atoms with Gasteiger partial charge in [-0.25, -0.2) is 0 Å². The van der Waals surface area contributed by atoms with Crippen LogP contribution >= 0.6 is 11.6 Å². The normalized spacial score (nSPS) is 10.3. The monoisotopic (exact) mass is 240 g/mol. The van der Waals surface area contributed by atoms with Crippen LogP contribution in [0.3, 0.4) is 0 Å². The van der Waals surface area contributed by atoms with E-state index in [1.165, 1.54) is 23.1 Å². The third-order valence-electron chi connectivity index (χ3n) is 1.89. The molecular formula is C7H5ClN6O2. The first-order valence-corrected chi connectivity index (χ1v) is 4.44. The Labute approximate surface area is 93.8 Å². The summed E-state index contributed by atoms with van der Waals surface area (Å²) >= 11 is 5.88. The number of anilines is 1. The summed E-state index contributed by atoms with van der Waals surface area (Å²) in [6.45, 7) is 0. The lowest BCUT2D eigenvalue weighted by Crippen LogP contribution is -2.01. The van der Waals surface area contributed by atoms with Crippen molar-refractivity contribution in [1.29, 1.82) is 0 Å². The number of hydrogen-bond acceptors (Lipinski definition) is 6. The lowest BCUT2D eigenvalue weighted by atomic mass is 10.2. The molecule has 0 unspecified atom stereocenters. The van der Waals surface area contributed by atoms with Crippen molar-refractivity contribution in [3.05, 3.63) is 33.6 Å². The summed E-state index contributed by atoms with van der Waals surface area (Å²) in [4.78, 5) is 10.1. The van der Waals surface area contributed by atoms with E-state index in [1.807, 2.05) is 0 Å². The minimum absolute atomic E-state index is 0.00757. The first kappa shape index (κ1) is 10.3. The van der Waals surface area contributed by atoms with Gasteiger partial charge in [0.25, 0.3) is 5.69 Å². The molecule has 82 valence electrons. The summed E-state index contributed by atoms with van der Waals surface area (Å²) in [6, 6.07) is 2.50. The number of rotatable bonds is 2. The Hall–Kier alpha value is -2.22. The van der Waals surface area contributed by atoms with E-state index in [-0.39, 0.29) is 16.4 Å². The van der Waals surface area contributed by atoms with Gasteiger partial charge in [-0.2, -0.15) is 4.68 Å². The van der Waals surface area contributed by atoms with Crippen molar-refractivity contribution in [3.8, 4) is 5.69 Å². The van der Waals surface area contributed by atoms with Crippen LogP contribution in [0.2, 0.25) is 5.02 Å². The maximum atomic E-state index is 10.7. The average Bonchev–Trinajstić information content (AvgIpc) is 2.70. The molecule has 0 aliphatic carbocycles. The molecule has 1 aromatic carbocycles. The summed E-state index contributed by atoms with van der Waals surface area (Å²) in [5.41, 5.74) is 5.51. The van der Waals surface area contributed by atoms with Gasteiger partial charge in [-0.05, 0) is 16.5 Å². The largest absolute Gasteiger partial charge is 0.393 e. The van der Waals surface area contributed by atoms with E-state index < -0.39 is 4.92 Å². The first-order valence-electron chi connectivity index (χ1n) is 4.06. The van der Waals surface area contributed by atoms with Gasteiger partial charge in [0.2, 0.25) is 0 Å². The van der Waals surface area contributed by atoms with Gasteiger partial charge in [0, 0.05) is 6.07 Å². The van der Waals surface area contributed by atoms with Crippen molar-refractivity contribution < 1.29 is 4.92 Å². The standard InChI is InChI=1S/C7H5ClN6O2/c8-4-1-5(9)7(14(15)16)2-6(4)13-3-10-11-12-13/h1-3H,9H2. The zero-order valence-electron chi connectivity index (χ0n) is 7.74. The Bertz CT molecular complexity index is 540. The van der Waals surface area contributed by atoms with E-state index in [0.717, 1.165) is 0 Å². The van der Waals surface area contributed by atoms with Crippen LogP contribution < -0.4 is 5.73 Å². The van der Waals surface area contributed by atoms with Crippen molar-refractivity contribution in [1.82, 2.24) is 20.2 Å². The zero-order chi connectivity index (χ0) is 11.7. The van der Waals surface area contributed by atoms with E-state index >= 15 is 0 Å². The van der Waals surface area contributed by atoms with Crippen LogP contribution in [0, 0.1) is 10.1 Å². The van der Waals surface area contributed by atoms with Crippen molar-refractivity contribution in [2.24, 2.45) is 0 Å². The van der Waals surface area contributed by atoms with Gasteiger partial charge >= 0.3 is 0 Å². The topological polar surface area (TPSA) is 113 Å². The molecule has 0 saturated carbocycles. The number of tetrazole rings is 1. The van der Waals surface area contributed by atoms with Crippen LogP contribution in [0.25, 0.3) is 5.69 Å². The summed E-state index contributed by atoms with van der Waals surface area (Å²) in [5, 5.41) is 21.3. The maximum absolute atomic E-state index is 10.7. The van der Waals surface area contributed by atoms with E-state index in [1.54, 1.807) is 0 Å². The molecule has 0 fully saturated rings. The van der Waals surface area contributed by atoms with Crippen LogP contribution in [-0.2, 0) is 0 Å². The lowest BCUT2D eigenvalue weighted by molar-refractivity contribution is -0.383. The Balaban J connectivity index is 2.63. The van der Waals surface area contributed by atoms with Gasteiger partial charge in [0.05, 0.1) is 15.6 Å². The van der Waals surface area contributed by atoms with Crippen LogP contribution in [0.15, 0.2) is 18.5 Å². The van der Waals surface area contributed by atoms with Gasteiger partial charge in [-0.3, -0.25) is 10.1 Å². The molecule has 1 aromatic heterocycles. The zero-order valence-corrected chi connectivity index (χ0v) is 8.50. The molecule has 0 saturated heterocycles. The van der Waals surface area contributed by atoms with Gasteiger partial charge in [0.1, 0.15) is 12.0 Å². The molecule has 16 heavy (non-hydrogen) atoms. The average molecular weight is 241 g/mol. The number of nitrogens with zero attached hydrogens (tertiary/aromatic N) is 5. The molecular weight excluding hydrogens is 236 g/mol. The van der Waals surface area contributed by atoms with Gasteiger partial charge in [0.15, 0.2) is 0 Å². The molecule has 0 atom stereocenters. The molecule has 0 aliphatic heterocycles. The molecule has 2 aromatic rings. The minimum atomic E-state index is -0.598. The predicted octanol–water partition coefficient (Wildman–Crippen LogP) is 0.806. The minimum Gasteiger partial charge on any atom is -0.393 e. The molecule has 9 heteroatoms. The quantitative estimate of drug-likeness (QED) is 0.472. The molecule has 0 aliphatic rings. The van der Waals surface area contributed by atoms with E-state index in [2.05, 4.69) is 15.5 Å². The second-order valence-electron chi connectivity index (χ2n) is 2.87. The van der Waals surface area contributed by atoms with Gasteiger partial charge < -0.3 is 5.73 Å². The Morgan fingerprint density at radius 2 is 2.25 bits per heavy atom. The van der Waals surface area contributed by atoms with Crippen molar-refractivity contribution in [2.45, 2.75) is 0 Å². The number of halogens is 1. The summed E-state index contributed by atoms with van der Waals surface area (Å²) in [5.74, 6) is 0. The summed E-state index contributed by atoms with van der Waals surface area (Å²) in [7, 11) is 0. The maximum Gasteiger partial charge on any atom is 0.294 e. The fourth-order valence-electron chi connectivity index (χ4n) is 1.17. The number of aromatic nitrogens is 4. The molecule has 0 amide bonds. The Kier molecular flexibility index (Phi) is 2.41. The second-order valence-corrected chi connectivity index (χ2v) is 3.28. The molecule has 8 nitrogen and oxygen atoms in total. The molecule has 2 rings (SSSR count). The molecule has 0 radical (unpaired) electrons. The van der Waals surface area contributed by atoms with Crippen molar-refractivity contribution in [2.75, 3.05) is 5.73 Å². The first-order chi connectivity index (χ1) is 7.59. The number of benzene rings is 1. The third kappa shape index (κ3) is 1.65. The predicted molar refractivity (Wildman–Crippen MR) is 55.2 cm³/mol. The van der Waals surface area contributed by atoms with Crippen LogP contribution in [0.5, 0.6) is 0 Å². The van der Waals surface area contributed by atoms with Crippen molar-refractivity contribution >= 4 is 23.0 Å². The SMILES string of the molecule is Nc1cc(Cl)c(-n2cnnn2)cc1[N+](=O)[O-]. The summed E-state index contributed by atoms with van der Waals surface area (Å²) in [6.07, 6.45) is 1.28. The third-order valence-corrected chi connectivity index (χ3v) is 2.19. The smallest absolute Gasteiger partial charge is 0.294 e. The number of hydrogen-bond donors (Lipinski definition) is 1. The lowest BCUT2D eigenvalue weighted by Gasteiger charge is -2.04. The number of nitro groups is 1. The van der Waals surface area contributed by atoms with Crippen molar-refractivity contribution in [3.63, 3.8) is 0 Å². The van der Waals surface area contributed by atoms with Crippen LogP contribution in [0.1, 0.15) is 0 Å². The highest BCUT2D eigenvalue weighted by molar-refractivity contribution is 6.32. The number of nitrogens with two attached hydrogens (primary N) is 1. The van der Waals surface area contributed by atoms with Gasteiger partial charge in [-0.15, -0.1) is 5.10 Å². The Morgan fingerprint density at radius 1 is 1.50 bits per heavy atom. The highest BCUT2D eigenvalue weighted by Crippen LogP contribution is 2.30.